The van der Waals surface area contributed by atoms with Crippen molar-refractivity contribution in [2.45, 2.75) is 33.6 Å². The number of aryl methyl sites for hydroxylation is 2. The molecule has 0 aliphatic carbocycles. The van der Waals surface area contributed by atoms with E-state index >= 15 is 0 Å². The fourth-order valence-electron chi connectivity index (χ4n) is 3.61. The van der Waals surface area contributed by atoms with Gasteiger partial charge < -0.3 is 5.32 Å². The molecule has 3 aromatic carbocycles. The summed E-state index contributed by atoms with van der Waals surface area (Å²) < 4.78 is 0. The summed E-state index contributed by atoms with van der Waals surface area (Å²) in [5, 5.41) is 3.39. The van der Waals surface area contributed by atoms with Crippen molar-refractivity contribution in [2.75, 3.05) is 16.0 Å². The highest BCUT2D eigenvalue weighted by atomic mass is 32.2. The van der Waals surface area contributed by atoms with Gasteiger partial charge in [-0.2, -0.15) is 0 Å². The van der Waals surface area contributed by atoms with Crippen molar-refractivity contribution < 1.29 is 9.59 Å². The molecule has 0 saturated carbocycles. The van der Waals surface area contributed by atoms with Gasteiger partial charge in [-0.15, -0.1) is 0 Å². The first-order valence-corrected chi connectivity index (χ1v) is 12.6. The van der Waals surface area contributed by atoms with Crippen molar-refractivity contribution in [3.63, 3.8) is 0 Å². The predicted molar refractivity (Wildman–Crippen MR) is 147 cm³/mol. The van der Waals surface area contributed by atoms with Crippen molar-refractivity contribution in [2.24, 2.45) is 4.99 Å². The molecular weight excluding hydrogens is 454 g/mol. The molecule has 4 rings (SSSR count). The number of hydrogen-bond acceptors (Lipinski definition) is 4. The summed E-state index contributed by atoms with van der Waals surface area (Å²) in [6.07, 6.45) is 1.80. The second-order valence-corrected chi connectivity index (χ2v) is 9.87. The molecule has 35 heavy (non-hydrogen) atoms. The fraction of sp³-hybridized carbons (Fsp3) is 0.207. The minimum Gasteiger partial charge on any atom is -0.325 e. The lowest BCUT2D eigenvalue weighted by Crippen LogP contribution is -2.31. The molecule has 2 amide bonds. The van der Waals surface area contributed by atoms with Crippen LogP contribution in [0.3, 0.4) is 0 Å². The van der Waals surface area contributed by atoms with E-state index in [-0.39, 0.29) is 17.6 Å². The van der Waals surface area contributed by atoms with Crippen LogP contribution in [0.1, 0.15) is 42.0 Å². The van der Waals surface area contributed by atoms with Crippen molar-refractivity contribution in [1.29, 1.82) is 0 Å². The first-order valence-electron chi connectivity index (χ1n) is 11.6. The number of benzene rings is 3. The summed E-state index contributed by atoms with van der Waals surface area (Å²) in [4.78, 5) is 32.2. The minimum atomic E-state index is -0.205. The van der Waals surface area contributed by atoms with Crippen LogP contribution in [-0.4, -0.2) is 22.7 Å². The third kappa shape index (κ3) is 6.08. The lowest BCUT2D eigenvalue weighted by molar-refractivity contribution is -0.114. The Labute approximate surface area is 211 Å². The lowest BCUT2D eigenvalue weighted by Gasteiger charge is -2.18. The number of nitrogens with zero attached hydrogens (tertiary/aromatic N) is 2. The largest absolute Gasteiger partial charge is 0.325 e. The number of hydrogen-bond donors (Lipinski definition) is 1. The number of carbonyl (C=O) groups excluding carboxylic acids is 2. The first kappa shape index (κ1) is 24.5. The molecule has 0 unspecified atom stereocenters. The zero-order valence-electron chi connectivity index (χ0n) is 20.4. The van der Waals surface area contributed by atoms with Crippen molar-refractivity contribution in [1.82, 2.24) is 0 Å². The van der Waals surface area contributed by atoms with Gasteiger partial charge in [0.25, 0.3) is 5.91 Å². The maximum absolute atomic E-state index is 13.4. The summed E-state index contributed by atoms with van der Waals surface area (Å²) >= 11 is 1.25. The molecule has 1 heterocycles. The Balaban J connectivity index is 1.56. The Hall–Kier alpha value is -3.64. The molecule has 1 aliphatic heterocycles. The topological polar surface area (TPSA) is 61.8 Å². The number of amidine groups is 1. The van der Waals surface area contributed by atoms with Gasteiger partial charge in [-0.1, -0.05) is 85.3 Å². The highest BCUT2D eigenvalue weighted by Gasteiger charge is 2.32. The fourth-order valence-corrected chi connectivity index (χ4v) is 4.43. The number of aliphatic imine (C=N–C) groups is 1. The molecule has 0 aromatic heterocycles. The maximum Gasteiger partial charge on any atom is 0.283 e. The summed E-state index contributed by atoms with van der Waals surface area (Å²) in [5.74, 6) is 0.218. The van der Waals surface area contributed by atoms with E-state index < -0.39 is 0 Å². The van der Waals surface area contributed by atoms with E-state index in [1.165, 1.54) is 17.3 Å². The average Bonchev–Trinajstić information content (AvgIpc) is 3.15. The molecule has 0 fully saturated rings. The number of nitrogens with one attached hydrogen (secondary N) is 1. The van der Waals surface area contributed by atoms with Gasteiger partial charge in [0.1, 0.15) is 5.70 Å². The Morgan fingerprint density at radius 1 is 0.943 bits per heavy atom. The van der Waals surface area contributed by atoms with Crippen LogP contribution in [-0.2, 0) is 9.59 Å². The molecule has 3 aromatic rings. The van der Waals surface area contributed by atoms with Crippen LogP contribution < -0.4 is 10.2 Å². The second kappa shape index (κ2) is 10.7. The number of carbonyl (C=O) groups is 2. The van der Waals surface area contributed by atoms with E-state index in [9.17, 15) is 9.59 Å². The third-order valence-corrected chi connectivity index (χ3v) is 6.63. The standard InChI is InChI=1S/C29H29N3O2S/c1-19(2)23-11-9-22(10-12-23)17-26-28(34)32(25-15-7-21(4)8-16-25)29(31-26)35-18-27(33)30-24-13-5-20(3)6-14-24/h5-17,19H,18H2,1-4H3,(H,30,33). The van der Waals surface area contributed by atoms with Gasteiger partial charge in [-0.05, 0) is 61.2 Å². The smallest absolute Gasteiger partial charge is 0.283 e. The number of amides is 2. The molecule has 6 heteroatoms. The van der Waals surface area contributed by atoms with Crippen LogP contribution in [0.15, 0.2) is 83.5 Å². The molecule has 0 atom stereocenters. The summed E-state index contributed by atoms with van der Waals surface area (Å²) in [7, 11) is 0. The summed E-state index contributed by atoms with van der Waals surface area (Å²) in [5.41, 5.74) is 6.20. The Morgan fingerprint density at radius 2 is 1.54 bits per heavy atom. The van der Waals surface area contributed by atoms with Crippen molar-refractivity contribution >= 4 is 46.2 Å². The predicted octanol–water partition coefficient (Wildman–Crippen LogP) is 6.54. The average molecular weight is 484 g/mol. The van der Waals surface area contributed by atoms with Crippen LogP contribution in [0.5, 0.6) is 0 Å². The van der Waals surface area contributed by atoms with Crippen molar-refractivity contribution in [3.05, 3.63) is 101 Å². The zero-order chi connectivity index (χ0) is 24.9. The van der Waals surface area contributed by atoms with Crippen molar-refractivity contribution in [3.8, 4) is 0 Å². The zero-order valence-corrected chi connectivity index (χ0v) is 21.2. The molecule has 0 saturated heterocycles. The molecule has 1 aliphatic rings. The van der Waals surface area contributed by atoms with E-state index in [4.69, 9.17) is 0 Å². The first-order chi connectivity index (χ1) is 16.8. The number of anilines is 2. The molecule has 1 N–H and O–H groups in total. The van der Waals surface area contributed by atoms with E-state index in [1.807, 2.05) is 74.5 Å². The second-order valence-electron chi connectivity index (χ2n) is 8.92. The Bertz CT molecular complexity index is 1280. The third-order valence-electron chi connectivity index (χ3n) is 5.70. The molecule has 5 nitrogen and oxygen atoms in total. The van der Waals surface area contributed by atoms with Gasteiger partial charge in [0.2, 0.25) is 5.91 Å². The number of thioether (sulfide) groups is 1. The van der Waals surface area contributed by atoms with Crippen LogP contribution in [0, 0.1) is 13.8 Å². The van der Waals surface area contributed by atoms with E-state index in [1.54, 1.807) is 11.0 Å². The van der Waals surface area contributed by atoms with Crippen LogP contribution in [0.25, 0.3) is 6.08 Å². The Kier molecular flexibility index (Phi) is 7.51. The molecule has 0 spiro atoms. The van der Waals surface area contributed by atoms with Gasteiger partial charge in [-0.3, -0.25) is 14.5 Å². The summed E-state index contributed by atoms with van der Waals surface area (Å²) in [6.45, 7) is 8.30. The Morgan fingerprint density at radius 3 is 2.14 bits per heavy atom. The van der Waals surface area contributed by atoms with Gasteiger partial charge >= 0.3 is 0 Å². The van der Waals surface area contributed by atoms with Crippen LogP contribution in [0.2, 0.25) is 0 Å². The van der Waals surface area contributed by atoms with Gasteiger partial charge in [0.05, 0.1) is 11.4 Å². The SMILES string of the molecule is Cc1ccc(NC(=O)CSC2=NC(=Cc3ccc(C(C)C)cc3)C(=O)N2c2ccc(C)cc2)cc1. The monoisotopic (exact) mass is 483 g/mol. The highest BCUT2D eigenvalue weighted by Crippen LogP contribution is 2.30. The van der Waals surface area contributed by atoms with Crippen LogP contribution >= 0.6 is 11.8 Å². The lowest BCUT2D eigenvalue weighted by atomic mass is 10.0. The van der Waals surface area contributed by atoms with Crippen LogP contribution in [0.4, 0.5) is 11.4 Å². The molecule has 178 valence electrons. The molecule has 0 bridgehead atoms. The molecule has 0 radical (unpaired) electrons. The van der Waals surface area contributed by atoms with E-state index in [0.29, 0.717) is 16.8 Å². The highest BCUT2D eigenvalue weighted by molar-refractivity contribution is 8.14. The quantitative estimate of drug-likeness (QED) is 0.405. The van der Waals surface area contributed by atoms with Gasteiger partial charge in [0, 0.05) is 5.69 Å². The molecular formula is C29H29N3O2S. The van der Waals surface area contributed by atoms with E-state index in [0.717, 1.165) is 28.1 Å². The number of rotatable bonds is 6. The van der Waals surface area contributed by atoms with E-state index in [2.05, 4.69) is 36.3 Å². The minimum absolute atomic E-state index is 0.138. The summed E-state index contributed by atoms with van der Waals surface area (Å²) in [6, 6.07) is 23.5. The normalized spacial score (nSPS) is 14.5. The maximum atomic E-state index is 13.4. The van der Waals surface area contributed by atoms with Gasteiger partial charge in [-0.25, -0.2) is 4.99 Å². The van der Waals surface area contributed by atoms with Gasteiger partial charge in [0.15, 0.2) is 5.17 Å².